The van der Waals surface area contributed by atoms with Gasteiger partial charge in [0.2, 0.25) is 0 Å². The van der Waals surface area contributed by atoms with E-state index in [2.05, 4.69) is 21.4 Å². The van der Waals surface area contributed by atoms with Gasteiger partial charge in [-0.05, 0) is 17.5 Å². The van der Waals surface area contributed by atoms with Crippen LogP contribution in [0.2, 0.25) is 0 Å². The number of anilines is 3. The average Bonchev–Trinajstić information content (AvgIpc) is 2.89. The van der Waals surface area contributed by atoms with Gasteiger partial charge in [0.05, 0.1) is 17.5 Å². The molecule has 2 aromatic heterocycles. The SMILES string of the molecule is CN(CCC#N)c1cc(Nc2cccs2)ncn1. The van der Waals surface area contributed by atoms with Crippen LogP contribution in [0.15, 0.2) is 29.9 Å². The Hall–Kier alpha value is -2.13. The predicted octanol–water partition coefficient (Wildman–Crippen LogP) is 2.63. The van der Waals surface area contributed by atoms with Crippen molar-refractivity contribution >= 4 is 28.0 Å². The van der Waals surface area contributed by atoms with Crippen LogP contribution in [-0.4, -0.2) is 23.6 Å². The maximum Gasteiger partial charge on any atom is 0.136 e. The van der Waals surface area contributed by atoms with Crippen molar-refractivity contribution in [2.75, 3.05) is 23.8 Å². The summed E-state index contributed by atoms with van der Waals surface area (Å²) in [5.41, 5.74) is 0. The number of rotatable bonds is 5. The van der Waals surface area contributed by atoms with Gasteiger partial charge < -0.3 is 10.2 Å². The largest absolute Gasteiger partial charge is 0.358 e. The monoisotopic (exact) mass is 259 g/mol. The molecule has 0 aliphatic carbocycles. The van der Waals surface area contributed by atoms with Gasteiger partial charge in [0.1, 0.15) is 18.0 Å². The van der Waals surface area contributed by atoms with Crippen LogP contribution in [0.1, 0.15) is 6.42 Å². The van der Waals surface area contributed by atoms with Gasteiger partial charge in [0.25, 0.3) is 0 Å². The van der Waals surface area contributed by atoms with Crippen LogP contribution >= 0.6 is 11.3 Å². The molecule has 18 heavy (non-hydrogen) atoms. The second-order valence-corrected chi connectivity index (χ2v) is 4.64. The Morgan fingerprint density at radius 2 is 2.39 bits per heavy atom. The van der Waals surface area contributed by atoms with Crippen molar-refractivity contribution in [1.82, 2.24) is 9.97 Å². The van der Waals surface area contributed by atoms with Gasteiger partial charge >= 0.3 is 0 Å². The molecule has 0 saturated carbocycles. The summed E-state index contributed by atoms with van der Waals surface area (Å²) >= 11 is 1.62. The van der Waals surface area contributed by atoms with E-state index in [-0.39, 0.29) is 0 Å². The minimum absolute atomic E-state index is 0.480. The number of nitrogens with zero attached hydrogens (tertiary/aromatic N) is 4. The van der Waals surface area contributed by atoms with Crippen molar-refractivity contribution in [2.24, 2.45) is 0 Å². The fraction of sp³-hybridized carbons (Fsp3) is 0.250. The summed E-state index contributed by atoms with van der Waals surface area (Å²) in [5, 5.41) is 14.8. The van der Waals surface area contributed by atoms with Gasteiger partial charge in [-0.3, -0.25) is 0 Å². The third kappa shape index (κ3) is 3.18. The molecule has 0 fully saturated rings. The summed E-state index contributed by atoms with van der Waals surface area (Å²) in [6.45, 7) is 0.659. The van der Waals surface area contributed by atoms with Crippen LogP contribution in [-0.2, 0) is 0 Å². The van der Waals surface area contributed by atoms with Crippen LogP contribution in [0.4, 0.5) is 16.6 Å². The van der Waals surface area contributed by atoms with E-state index in [1.54, 1.807) is 11.3 Å². The number of nitriles is 1. The Kier molecular flexibility index (Phi) is 4.10. The molecular weight excluding hydrogens is 246 g/mol. The molecule has 0 amide bonds. The molecule has 0 aliphatic rings. The van der Waals surface area contributed by atoms with E-state index >= 15 is 0 Å². The quantitative estimate of drug-likeness (QED) is 0.894. The van der Waals surface area contributed by atoms with E-state index in [1.807, 2.05) is 35.5 Å². The number of hydrogen-bond donors (Lipinski definition) is 1. The first-order valence-corrected chi connectivity index (χ1v) is 6.38. The Morgan fingerprint density at radius 1 is 1.50 bits per heavy atom. The zero-order chi connectivity index (χ0) is 12.8. The van der Waals surface area contributed by atoms with Gasteiger partial charge in [-0.1, -0.05) is 0 Å². The number of aromatic nitrogens is 2. The molecule has 0 atom stereocenters. The normalized spacial score (nSPS) is 9.78. The van der Waals surface area contributed by atoms with Crippen LogP contribution in [0, 0.1) is 11.3 Å². The predicted molar refractivity (Wildman–Crippen MR) is 73.1 cm³/mol. The molecule has 6 heteroatoms. The van der Waals surface area contributed by atoms with Crippen molar-refractivity contribution in [2.45, 2.75) is 6.42 Å². The van der Waals surface area contributed by atoms with E-state index in [4.69, 9.17) is 5.26 Å². The van der Waals surface area contributed by atoms with Gasteiger partial charge in [0.15, 0.2) is 0 Å². The zero-order valence-corrected chi connectivity index (χ0v) is 10.8. The summed E-state index contributed by atoms with van der Waals surface area (Å²) in [6, 6.07) is 7.96. The highest BCUT2D eigenvalue weighted by Crippen LogP contribution is 2.21. The third-order valence-corrected chi connectivity index (χ3v) is 3.16. The lowest BCUT2D eigenvalue weighted by Gasteiger charge is -2.16. The van der Waals surface area contributed by atoms with Crippen molar-refractivity contribution < 1.29 is 0 Å². The Balaban J connectivity index is 2.07. The second kappa shape index (κ2) is 5.98. The van der Waals surface area contributed by atoms with E-state index in [0.717, 1.165) is 16.6 Å². The lowest BCUT2D eigenvalue weighted by atomic mass is 10.4. The third-order valence-electron chi connectivity index (χ3n) is 2.38. The van der Waals surface area contributed by atoms with E-state index in [0.29, 0.717) is 13.0 Å². The molecule has 0 unspecified atom stereocenters. The smallest absolute Gasteiger partial charge is 0.136 e. The lowest BCUT2D eigenvalue weighted by molar-refractivity contribution is 0.880. The topological polar surface area (TPSA) is 64.8 Å². The lowest BCUT2D eigenvalue weighted by Crippen LogP contribution is -2.19. The Morgan fingerprint density at radius 3 is 3.11 bits per heavy atom. The van der Waals surface area contributed by atoms with Crippen molar-refractivity contribution in [1.29, 1.82) is 5.26 Å². The van der Waals surface area contributed by atoms with Crippen molar-refractivity contribution in [3.8, 4) is 6.07 Å². The average molecular weight is 259 g/mol. The maximum atomic E-state index is 8.57. The van der Waals surface area contributed by atoms with E-state index in [1.165, 1.54) is 6.33 Å². The van der Waals surface area contributed by atoms with Gasteiger partial charge in [-0.25, -0.2) is 9.97 Å². The minimum Gasteiger partial charge on any atom is -0.358 e. The van der Waals surface area contributed by atoms with E-state index in [9.17, 15) is 0 Å². The standard InChI is InChI=1S/C12H13N5S/c1-17(6-3-5-13)11-8-10(14-9-15-11)16-12-4-2-7-18-12/h2,4,7-9H,3,6H2,1H3,(H,14,15,16). The van der Waals surface area contributed by atoms with Crippen LogP contribution < -0.4 is 10.2 Å². The fourth-order valence-corrected chi connectivity index (χ4v) is 2.06. The molecule has 2 heterocycles. The molecule has 1 N–H and O–H groups in total. The highest BCUT2D eigenvalue weighted by molar-refractivity contribution is 7.14. The van der Waals surface area contributed by atoms with Gasteiger partial charge in [-0.2, -0.15) is 5.26 Å². The molecule has 5 nitrogen and oxygen atoms in total. The highest BCUT2D eigenvalue weighted by atomic mass is 32.1. The van der Waals surface area contributed by atoms with Crippen LogP contribution in [0.25, 0.3) is 0 Å². The number of hydrogen-bond acceptors (Lipinski definition) is 6. The summed E-state index contributed by atoms with van der Waals surface area (Å²) in [6.07, 6.45) is 2.00. The van der Waals surface area contributed by atoms with Gasteiger partial charge in [-0.15, -0.1) is 11.3 Å². The molecule has 2 rings (SSSR count). The minimum atomic E-state index is 0.480. The highest BCUT2D eigenvalue weighted by Gasteiger charge is 2.04. The maximum absolute atomic E-state index is 8.57. The molecule has 0 aliphatic heterocycles. The molecule has 0 radical (unpaired) electrons. The number of nitrogens with one attached hydrogen (secondary N) is 1. The van der Waals surface area contributed by atoms with Crippen LogP contribution in [0.3, 0.4) is 0 Å². The Bertz CT molecular complexity index is 532. The first-order chi connectivity index (χ1) is 8.79. The summed E-state index contributed by atoms with van der Waals surface area (Å²) in [4.78, 5) is 10.3. The first kappa shape index (κ1) is 12.3. The molecule has 2 aromatic rings. The molecular formula is C12H13N5S. The molecule has 0 saturated heterocycles. The zero-order valence-electron chi connectivity index (χ0n) is 10.00. The molecule has 92 valence electrons. The molecule has 0 bridgehead atoms. The summed E-state index contributed by atoms with van der Waals surface area (Å²) < 4.78 is 0. The van der Waals surface area contributed by atoms with E-state index < -0.39 is 0 Å². The van der Waals surface area contributed by atoms with Crippen molar-refractivity contribution in [3.63, 3.8) is 0 Å². The van der Waals surface area contributed by atoms with Crippen molar-refractivity contribution in [3.05, 3.63) is 29.9 Å². The number of thiophene rings is 1. The molecule has 0 spiro atoms. The molecule has 0 aromatic carbocycles. The fourth-order valence-electron chi connectivity index (χ4n) is 1.43. The summed E-state index contributed by atoms with van der Waals surface area (Å²) in [5.74, 6) is 1.56. The first-order valence-electron chi connectivity index (χ1n) is 5.50. The summed E-state index contributed by atoms with van der Waals surface area (Å²) in [7, 11) is 1.91. The van der Waals surface area contributed by atoms with Crippen LogP contribution in [0.5, 0.6) is 0 Å². The Labute approximate surface area is 110 Å². The van der Waals surface area contributed by atoms with Gasteiger partial charge in [0, 0.05) is 19.7 Å². The second-order valence-electron chi connectivity index (χ2n) is 3.69.